The third-order valence-electron chi connectivity index (χ3n) is 5.67. The summed E-state index contributed by atoms with van der Waals surface area (Å²) in [5.74, 6) is 0.969. The first-order valence-corrected chi connectivity index (χ1v) is 11.0. The van der Waals surface area contributed by atoms with Gasteiger partial charge in [0.15, 0.2) is 11.5 Å². The van der Waals surface area contributed by atoms with E-state index in [2.05, 4.69) is 0 Å². The molecule has 1 aliphatic rings. The van der Waals surface area contributed by atoms with Crippen LogP contribution in [0.3, 0.4) is 0 Å². The van der Waals surface area contributed by atoms with Gasteiger partial charge in [-0.3, -0.25) is 9.80 Å². The smallest absolute Gasteiger partial charge is 0.414 e. The van der Waals surface area contributed by atoms with Crippen molar-refractivity contribution in [3.05, 3.63) is 52.5 Å². The number of methoxy groups -OCH3 is 3. The molecule has 0 spiro atoms. The van der Waals surface area contributed by atoms with E-state index in [1.807, 2.05) is 19.1 Å². The van der Waals surface area contributed by atoms with Gasteiger partial charge in [0.2, 0.25) is 0 Å². The van der Waals surface area contributed by atoms with Crippen molar-refractivity contribution < 1.29 is 28.5 Å². The van der Waals surface area contributed by atoms with E-state index in [0.717, 1.165) is 11.1 Å². The maximum Gasteiger partial charge on any atom is 0.414 e. The number of carbonyl (C=O) groups excluding carboxylic acids is 2. The van der Waals surface area contributed by atoms with Gasteiger partial charge in [-0.05, 0) is 44.0 Å². The normalized spacial score (nSPS) is 17.1. The van der Waals surface area contributed by atoms with Gasteiger partial charge in [0.1, 0.15) is 0 Å². The number of hydrogen-bond donors (Lipinski definition) is 0. The first-order chi connectivity index (χ1) is 15.8. The molecule has 2 aromatic rings. The summed E-state index contributed by atoms with van der Waals surface area (Å²) in [7, 11) is 4.42. The summed E-state index contributed by atoms with van der Waals surface area (Å²) < 4.78 is 21.4. The molecular formula is C24H29ClN2O6. The fraction of sp³-hybridized carbons (Fsp3) is 0.417. The number of carbonyl (C=O) groups is 2. The van der Waals surface area contributed by atoms with Crippen molar-refractivity contribution in [2.75, 3.05) is 32.8 Å². The van der Waals surface area contributed by atoms with E-state index in [9.17, 15) is 9.59 Å². The fourth-order valence-corrected chi connectivity index (χ4v) is 4.25. The molecule has 8 nitrogen and oxygen atoms in total. The van der Waals surface area contributed by atoms with Gasteiger partial charge in [0.05, 0.1) is 39.7 Å². The van der Waals surface area contributed by atoms with E-state index in [4.69, 9.17) is 30.5 Å². The topological polar surface area (TPSA) is 77.5 Å². The van der Waals surface area contributed by atoms with Gasteiger partial charge in [0, 0.05) is 29.2 Å². The third kappa shape index (κ3) is 5.11. The number of fused-ring (bicyclic) bond motifs is 1. The van der Waals surface area contributed by atoms with Crippen molar-refractivity contribution >= 4 is 29.5 Å². The van der Waals surface area contributed by atoms with Crippen LogP contribution in [-0.2, 0) is 16.0 Å². The van der Waals surface area contributed by atoms with Crippen molar-refractivity contribution in [2.24, 2.45) is 0 Å². The minimum absolute atomic E-state index is 0.249. The summed E-state index contributed by atoms with van der Waals surface area (Å²) in [5.41, 5.74) is 2.23. The van der Waals surface area contributed by atoms with Gasteiger partial charge < -0.3 is 18.9 Å². The molecule has 0 radical (unpaired) electrons. The molecule has 33 heavy (non-hydrogen) atoms. The Morgan fingerprint density at radius 3 is 2.30 bits per heavy atom. The Balaban J connectivity index is 2.13. The zero-order valence-electron chi connectivity index (χ0n) is 19.5. The molecule has 2 atom stereocenters. The number of benzene rings is 2. The van der Waals surface area contributed by atoms with Crippen molar-refractivity contribution in [3.8, 4) is 11.5 Å². The molecule has 3 rings (SSSR count). The molecule has 0 aliphatic carbocycles. The Morgan fingerprint density at radius 2 is 1.73 bits per heavy atom. The fourth-order valence-electron chi connectivity index (χ4n) is 4.12. The minimum Gasteiger partial charge on any atom is -0.493 e. The SMILES string of the molecule is CCOC(=O)N1c2cc(OC)c(OC)cc2[C@@H](N(Cc2ccc(Cl)cc2)C(=O)OC)C[C@H]1C. The second-order valence-corrected chi connectivity index (χ2v) is 8.10. The van der Waals surface area contributed by atoms with E-state index < -0.39 is 12.2 Å². The lowest BCUT2D eigenvalue weighted by molar-refractivity contribution is 0.0941. The lowest BCUT2D eigenvalue weighted by Gasteiger charge is -2.42. The molecule has 2 aromatic carbocycles. The molecule has 0 aromatic heterocycles. The average molecular weight is 477 g/mol. The van der Waals surface area contributed by atoms with Crippen molar-refractivity contribution in [3.63, 3.8) is 0 Å². The number of hydrogen-bond acceptors (Lipinski definition) is 6. The molecule has 0 unspecified atom stereocenters. The molecular weight excluding hydrogens is 448 g/mol. The molecule has 0 bridgehead atoms. The third-order valence-corrected chi connectivity index (χ3v) is 5.92. The van der Waals surface area contributed by atoms with Crippen LogP contribution in [0.4, 0.5) is 15.3 Å². The second-order valence-electron chi connectivity index (χ2n) is 7.66. The van der Waals surface area contributed by atoms with E-state index in [1.165, 1.54) is 14.2 Å². The van der Waals surface area contributed by atoms with E-state index in [0.29, 0.717) is 35.2 Å². The Morgan fingerprint density at radius 1 is 1.09 bits per heavy atom. The number of amides is 2. The van der Waals surface area contributed by atoms with Crippen LogP contribution < -0.4 is 14.4 Å². The number of rotatable bonds is 6. The molecule has 178 valence electrons. The van der Waals surface area contributed by atoms with E-state index in [-0.39, 0.29) is 18.7 Å². The van der Waals surface area contributed by atoms with Crippen LogP contribution >= 0.6 is 11.6 Å². The molecule has 0 saturated heterocycles. The van der Waals surface area contributed by atoms with Gasteiger partial charge in [-0.15, -0.1) is 0 Å². The van der Waals surface area contributed by atoms with Gasteiger partial charge in [-0.2, -0.15) is 0 Å². The molecule has 0 N–H and O–H groups in total. The number of ether oxygens (including phenoxy) is 4. The van der Waals surface area contributed by atoms with E-state index in [1.54, 1.807) is 48.1 Å². The van der Waals surface area contributed by atoms with Gasteiger partial charge in [-0.25, -0.2) is 9.59 Å². The first-order valence-electron chi connectivity index (χ1n) is 10.6. The highest BCUT2D eigenvalue weighted by atomic mass is 35.5. The van der Waals surface area contributed by atoms with Crippen LogP contribution in [0.2, 0.25) is 5.02 Å². The van der Waals surface area contributed by atoms with Crippen LogP contribution in [0, 0.1) is 0 Å². The lowest BCUT2D eigenvalue weighted by atomic mass is 9.90. The molecule has 2 amide bonds. The maximum absolute atomic E-state index is 12.9. The maximum atomic E-state index is 12.9. The summed E-state index contributed by atoms with van der Waals surface area (Å²) >= 11 is 6.03. The summed E-state index contributed by atoms with van der Waals surface area (Å²) in [6.07, 6.45) is -0.462. The van der Waals surface area contributed by atoms with Crippen molar-refractivity contribution in [1.82, 2.24) is 4.90 Å². The molecule has 9 heteroatoms. The Kier molecular flexibility index (Phi) is 7.92. The highest BCUT2D eigenvalue weighted by Crippen LogP contribution is 2.46. The molecule has 1 aliphatic heterocycles. The zero-order chi connectivity index (χ0) is 24.1. The summed E-state index contributed by atoms with van der Waals surface area (Å²) in [5, 5.41) is 0.613. The van der Waals surface area contributed by atoms with Crippen LogP contribution in [0.5, 0.6) is 11.5 Å². The summed E-state index contributed by atoms with van der Waals surface area (Å²) in [6, 6.07) is 10.2. The zero-order valence-corrected chi connectivity index (χ0v) is 20.2. The van der Waals surface area contributed by atoms with Gasteiger partial charge >= 0.3 is 12.2 Å². The first kappa shape index (κ1) is 24.5. The Hall–Kier alpha value is -3.13. The molecule has 1 heterocycles. The predicted octanol–water partition coefficient (Wildman–Crippen LogP) is 5.42. The highest BCUT2D eigenvalue weighted by Gasteiger charge is 2.40. The number of halogens is 1. The minimum atomic E-state index is -0.479. The summed E-state index contributed by atoms with van der Waals surface area (Å²) in [6.45, 7) is 4.23. The van der Waals surface area contributed by atoms with Crippen LogP contribution in [0.15, 0.2) is 36.4 Å². The number of anilines is 1. The van der Waals surface area contributed by atoms with Gasteiger partial charge in [-0.1, -0.05) is 23.7 Å². The van der Waals surface area contributed by atoms with Crippen LogP contribution in [0.1, 0.15) is 37.4 Å². The Bertz CT molecular complexity index is 997. The highest BCUT2D eigenvalue weighted by molar-refractivity contribution is 6.30. The van der Waals surface area contributed by atoms with Crippen LogP contribution in [-0.4, -0.2) is 51.1 Å². The molecule has 0 saturated carbocycles. The quantitative estimate of drug-likeness (QED) is 0.553. The van der Waals surface area contributed by atoms with E-state index >= 15 is 0 Å². The summed E-state index contributed by atoms with van der Waals surface area (Å²) in [4.78, 5) is 29.0. The Labute approximate surface area is 198 Å². The molecule has 0 fully saturated rings. The van der Waals surface area contributed by atoms with Crippen LogP contribution in [0.25, 0.3) is 0 Å². The predicted molar refractivity (Wildman–Crippen MR) is 125 cm³/mol. The standard InChI is InChI=1S/C24H29ClN2O6/c1-6-33-24(29)27-15(2)11-19(18-12-21(30-3)22(31-4)13-20(18)27)26(23(28)32-5)14-16-7-9-17(25)10-8-16/h7-10,12-13,15,19H,6,11,14H2,1-5H3/t15-,19+/m1/s1. The second kappa shape index (κ2) is 10.7. The van der Waals surface area contributed by atoms with Gasteiger partial charge in [0.25, 0.3) is 0 Å². The largest absolute Gasteiger partial charge is 0.493 e. The number of nitrogens with zero attached hydrogens (tertiary/aromatic N) is 2. The van der Waals surface area contributed by atoms with Crippen molar-refractivity contribution in [1.29, 1.82) is 0 Å². The monoisotopic (exact) mass is 476 g/mol. The van der Waals surface area contributed by atoms with Crippen molar-refractivity contribution in [2.45, 2.75) is 38.9 Å². The lowest BCUT2D eigenvalue weighted by Crippen LogP contribution is -2.47. The average Bonchev–Trinajstić information content (AvgIpc) is 2.82.